The third-order valence-electron chi connectivity index (χ3n) is 5.98. The maximum atomic E-state index is 13.0. The van der Waals surface area contributed by atoms with Gasteiger partial charge >= 0.3 is 12.1 Å². The van der Waals surface area contributed by atoms with E-state index >= 15 is 0 Å². The van der Waals surface area contributed by atoms with Crippen molar-refractivity contribution in [1.82, 2.24) is 15.0 Å². The average Bonchev–Trinajstić information content (AvgIpc) is 3.45. The molecule has 184 valence electrons. The molecule has 3 heterocycles. The Bertz CT molecular complexity index is 1490. The lowest BCUT2D eigenvalue weighted by molar-refractivity contribution is -0.137. The van der Waals surface area contributed by atoms with Gasteiger partial charge in [-0.3, -0.25) is 0 Å². The number of aliphatic hydroxyl groups is 1. The quantitative estimate of drug-likeness (QED) is 0.322. The van der Waals surface area contributed by atoms with Crippen LogP contribution in [-0.4, -0.2) is 31.1 Å². The molecule has 3 aromatic heterocycles. The first-order valence-electron chi connectivity index (χ1n) is 10.9. The summed E-state index contributed by atoms with van der Waals surface area (Å²) in [7, 11) is 0. The number of carboxylic acids is 1. The molecule has 0 fully saturated rings. The minimum Gasteiger partial charge on any atom is -0.478 e. The maximum Gasteiger partial charge on any atom is 0.416 e. The molecule has 0 amide bonds. The van der Waals surface area contributed by atoms with Crippen LogP contribution in [-0.2, 0) is 18.2 Å². The van der Waals surface area contributed by atoms with Gasteiger partial charge in [-0.05, 0) is 72.9 Å². The van der Waals surface area contributed by atoms with Crippen molar-refractivity contribution in [3.05, 3.63) is 87.7 Å². The van der Waals surface area contributed by atoms with Crippen LogP contribution in [0.4, 0.5) is 24.8 Å². The lowest BCUT2D eigenvalue weighted by atomic mass is 9.95. The summed E-state index contributed by atoms with van der Waals surface area (Å²) in [5.41, 5.74) is 0.568. The van der Waals surface area contributed by atoms with Crippen molar-refractivity contribution in [3.63, 3.8) is 0 Å². The highest BCUT2D eigenvalue weighted by Crippen LogP contribution is 2.45. The third kappa shape index (κ3) is 4.42. The Kier molecular flexibility index (Phi) is 5.76. The molecular weight excluding hydrogens is 493 g/mol. The van der Waals surface area contributed by atoms with Crippen molar-refractivity contribution in [2.45, 2.75) is 31.5 Å². The number of carbonyl (C=O) groups is 1. The van der Waals surface area contributed by atoms with Gasteiger partial charge < -0.3 is 15.5 Å². The van der Waals surface area contributed by atoms with Gasteiger partial charge in [0.1, 0.15) is 22.2 Å². The molecular formula is C25H19F3N4O3S. The molecule has 0 bridgehead atoms. The van der Waals surface area contributed by atoms with E-state index in [0.717, 1.165) is 29.5 Å². The molecule has 3 N–H and O–H groups in total. The molecule has 4 aromatic rings. The van der Waals surface area contributed by atoms with Gasteiger partial charge in [0, 0.05) is 12.4 Å². The number of benzene rings is 1. The zero-order valence-electron chi connectivity index (χ0n) is 18.8. The number of halogens is 3. The minimum atomic E-state index is -4.49. The SMILES string of the molecule is Cc1cc(Nc2cc(C(F)(F)F)ccn2)nc(-c2cnc([C@]3(O)CCc4ccc(C(=O)O)cc43)s2)c1. The molecule has 0 saturated heterocycles. The summed E-state index contributed by atoms with van der Waals surface area (Å²) in [6.45, 7) is 1.83. The van der Waals surface area contributed by atoms with Crippen LogP contribution in [0.25, 0.3) is 10.6 Å². The van der Waals surface area contributed by atoms with Crippen LogP contribution in [0, 0.1) is 6.92 Å². The summed E-state index contributed by atoms with van der Waals surface area (Å²) < 4.78 is 39.1. The fraction of sp³-hybridized carbons (Fsp3) is 0.200. The number of hydrogen-bond acceptors (Lipinski definition) is 7. The average molecular weight is 513 g/mol. The highest BCUT2D eigenvalue weighted by atomic mass is 32.1. The van der Waals surface area contributed by atoms with Gasteiger partial charge in [0.15, 0.2) is 0 Å². The van der Waals surface area contributed by atoms with Crippen LogP contribution >= 0.6 is 11.3 Å². The highest BCUT2D eigenvalue weighted by molar-refractivity contribution is 7.15. The van der Waals surface area contributed by atoms with E-state index in [-0.39, 0.29) is 11.4 Å². The van der Waals surface area contributed by atoms with Crippen LogP contribution in [0.2, 0.25) is 0 Å². The number of alkyl halides is 3. The number of rotatable bonds is 5. The number of pyridine rings is 2. The lowest BCUT2D eigenvalue weighted by Gasteiger charge is -2.21. The van der Waals surface area contributed by atoms with E-state index in [0.29, 0.717) is 39.8 Å². The Morgan fingerprint density at radius 1 is 1.11 bits per heavy atom. The third-order valence-corrected chi connectivity index (χ3v) is 7.15. The first-order valence-corrected chi connectivity index (χ1v) is 11.7. The van der Waals surface area contributed by atoms with Crippen molar-refractivity contribution < 1.29 is 28.2 Å². The number of carboxylic acid groups (broad SMARTS) is 1. The summed E-state index contributed by atoms with van der Waals surface area (Å²) in [5, 5.41) is 24.1. The number of anilines is 2. The predicted molar refractivity (Wildman–Crippen MR) is 127 cm³/mol. The number of nitrogens with one attached hydrogen (secondary N) is 1. The molecule has 36 heavy (non-hydrogen) atoms. The van der Waals surface area contributed by atoms with Crippen LogP contribution in [0.1, 0.15) is 44.0 Å². The summed E-state index contributed by atoms with van der Waals surface area (Å²) in [5.74, 6) is -0.765. The molecule has 0 radical (unpaired) electrons. The molecule has 1 aliphatic carbocycles. The van der Waals surface area contributed by atoms with Crippen molar-refractivity contribution in [3.8, 4) is 10.6 Å². The van der Waals surface area contributed by atoms with Gasteiger partial charge in [-0.25, -0.2) is 19.7 Å². The summed E-state index contributed by atoms with van der Waals surface area (Å²) in [6, 6.07) is 10.0. The fourth-order valence-electron chi connectivity index (χ4n) is 4.23. The number of thiazole rings is 1. The van der Waals surface area contributed by atoms with E-state index in [1.807, 2.05) is 6.92 Å². The van der Waals surface area contributed by atoms with Crippen LogP contribution in [0.5, 0.6) is 0 Å². The van der Waals surface area contributed by atoms with Crippen molar-refractivity contribution in [2.24, 2.45) is 0 Å². The number of aryl methyl sites for hydroxylation is 2. The predicted octanol–water partition coefficient (Wildman–Crippen LogP) is 5.55. The van der Waals surface area contributed by atoms with Crippen LogP contribution < -0.4 is 5.32 Å². The van der Waals surface area contributed by atoms with E-state index in [4.69, 9.17) is 0 Å². The Labute approximate surface area is 207 Å². The highest BCUT2D eigenvalue weighted by Gasteiger charge is 2.41. The zero-order chi connectivity index (χ0) is 25.7. The summed E-state index contributed by atoms with van der Waals surface area (Å²) in [6.07, 6.45) is -0.888. The minimum absolute atomic E-state index is 0.00461. The van der Waals surface area contributed by atoms with Crippen LogP contribution in [0.15, 0.2) is 54.9 Å². The second-order valence-corrected chi connectivity index (χ2v) is 9.57. The maximum absolute atomic E-state index is 13.0. The monoisotopic (exact) mass is 512 g/mol. The second-order valence-electron chi connectivity index (χ2n) is 8.53. The van der Waals surface area contributed by atoms with E-state index in [9.17, 15) is 28.2 Å². The normalized spacial score (nSPS) is 17.1. The number of aromatic carboxylic acids is 1. The largest absolute Gasteiger partial charge is 0.478 e. The van der Waals surface area contributed by atoms with Crippen LogP contribution in [0.3, 0.4) is 0 Å². The first kappa shape index (κ1) is 23.9. The Morgan fingerprint density at radius 2 is 1.92 bits per heavy atom. The molecule has 1 atom stereocenters. The van der Waals surface area contributed by atoms with E-state index in [1.165, 1.54) is 23.5 Å². The van der Waals surface area contributed by atoms with Gasteiger partial charge in [0.2, 0.25) is 0 Å². The standard InChI is InChI=1S/C25H19F3N4O3S/c1-13-8-18(31-21(9-13)32-20-11-16(5-7-29-20)25(26,27)28)19-12-30-23(36-19)24(35)6-4-14-2-3-15(22(33)34)10-17(14)24/h2-3,5,7-12,35H,4,6H2,1H3,(H,33,34)(H,29,31,32)/t24-/m0/s1. The van der Waals surface area contributed by atoms with Gasteiger partial charge in [0.25, 0.3) is 0 Å². The molecule has 11 heteroatoms. The smallest absolute Gasteiger partial charge is 0.416 e. The Balaban J connectivity index is 1.46. The molecule has 7 nitrogen and oxygen atoms in total. The second kappa shape index (κ2) is 8.68. The molecule has 1 aliphatic rings. The molecule has 0 saturated carbocycles. The first-order chi connectivity index (χ1) is 17.0. The van der Waals surface area contributed by atoms with Gasteiger partial charge in [-0.2, -0.15) is 13.2 Å². The van der Waals surface area contributed by atoms with Gasteiger partial charge in [-0.15, -0.1) is 11.3 Å². The molecule has 0 spiro atoms. The summed E-state index contributed by atoms with van der Waals surface area (Å²) >= 11 is 1.23. The van der Waals surface area contributed by atoms with Gasteiger partial charge in [0.05, 0.1) is 21.7 Å². The van der Waals surface area contributed by atoms with E-state index in [1.54, 1.807) is 24.4 Å². The molecule has 5 rings (SSSR count). The number of nitrogens with zero attached hydrogens (tertiary/aromatic N) is 3. The fourth-order valence-corrected chi connectivity index (χ4v) is 5.24. The summed E-state index contributed by atoms with van der Waals surface area (Å²) in [4.78, 5) is 25.0. The van der Waals surface area contributed by atoms with Crippen molar-refractivity contribution >= 4 is 28.9 Å². The zero-order valence-corrected chi connectivity index (χ0v) is 19.6. The number of aromatic nitrogens is 3. The molecule has 0 aliphatic heterocycles. The lowest BCUT2D eigenvalue weighted by Crippen LogP contribution is -2.24. The van der Waals surface area contributed by atoms with Crippen molar-refractivity contribution in [2.75, 3.05) is 5.32 Å². The number of hydrogen-bond donors (Lipinski definition) is 3. The Hall–Kier alpha value is -3.83. The molecule has 0 unspecified atom stereocenters. The van der Waals surface area contributed by atoms with E-state index in [2.05, 4.69) is 20.3 Å². The Morgan fingerprint density at radius 3 is 2.67 bits per heavy atom. The topological polar surface area (TPSA) is 108 Å². The van der Waals surface area contributed by atoms with E-state index < -0.39 is 23.3 Å². The van der Waals surface area contributed by atoms with Gasteiger partial charge in [-0.1, -0.05) is 6.07 Å². The number of fused-ring (bicyclic) bond motifs is 1. The molecule has 1 aromatic carbocycles. The van der Waals surface area contributed by atoms with Crippen molar-refractivity contribution in [1.29, 1.82) is 0 Å².